The number of fused-ring (bicyclic) bond motifs is 3. The first-order valence-corrected chi connectivity index (χ1v) is 13.4. The molecule has 0 saturated carbocycles. The van der Waals surface area contributed by atoms with Crippen LogP contribution in [0.3, 0.4) is 0 Å². The maximum Gasteiger partial charge on any atom is 0.222 e. The number of aromatic nitrogens is 3. The van der Waals surface area contributed by atoms with Crippen LogP contribution in [0.25, 0.3) is 21.9 Å². The summed E-state index contributed by atoms with van der Waals surface area (Å²) in [7, 11) is 0. The maximum absolute atomic E-state index is 9.66. The van der Waals surface area contributed by atoms with Crippen LogP contribution in [0.4, 0.5) is 11.8 Å². The van der Waals surface area contributed by atoms with E-state index in [1.165, 1.54) is 11.1 Å². The molecule has 1 fully saturated rings. The van der Waals surface area contributed by atoms with Gasteiger partial charge in [-0.1, -0.05) is 55.8 Å². The first-order valence-electron chi connectivity index (χ1n) is 13.4. The summed E-state index contributed by atoms with van der Waals surface area (Å²) in [4.78, 5) is 9.19. The minimum atomic E-state index is -0.135. The third kappa shape index (κ3) is 6.24. The first-order chi connectivity index (χ1) is 18.5. The lowest BCUT2D eigenvalue weighted by molar-refractivity contribution is -0.134. The van der Waals surface area contributed by atoms with Crippen LogP contribution in [0, 0.1) is 5.41 Å². The highest BCUT2D eigenvalue weighted by Gasteiger charge is 2.37. The van der Waals surface area contributed by atoms with Crippen molar-refractivity contribution in [3.63, 3.8) is 0 Å². The fourth-order valence-electron chi connectivity index (χ4n) is 4.75. The molecule has 9 heteroatoms. The highest BCUT2D eigenvalue weighted by Crippen LogP contribution is 2.33. The summed E-state index contributed by atoms with van der Waals surface area (Å²) >= 11 is 0. The monoisotopic (exact) mass is 520 g/mol. The van der Waals surface area contributed by atoms with Gasteiger partial charge in [-0.15, -0.1) is 0 Å². The van der Waals surface area contributed by atoms with Gasteiger partial charge in [0.15, 0.2) is 5.82 Å². The number of nitrogen functional groups attached to an aromatic ring is 1. The Morgan fingerprint density at radius 2 is 1.82 bits per heavy atom. The Hall–Kier alpha value is -3.24. The Morgan fingerprint density at radius 1 is 1.05 bits per heavy atom. The number of nitrogens with one attached hydrogen (secondary N) is 2. The van der Waals surface area contributed by atoms with E-state index in [-0.39, 0.29) is 24.6 Å². The van der Waals surface area contributed by atoms with E-state index in [0.717, 1.165) is 60.2 Å². The molecule has 204 valence electrons. The number of para-hydroxylation sites is 1. The van der Waals surface area contributed by atoms with Crippen molar-refractivity contribution in [3.8, 4) is 0 Å². The second-order valence-corrected chi connectivity index (χ2v) is 9.90. The number of hydrogen-bond donors (Lipinski definition) is 5. The Labute approximate surface area is 224 Å². The molecule has 9 nitrogen and oxygen atoms in total. The van der Waals surface area contributed by atoms with E-state index in [0.29, 0.717) is 19.8 Å². The van der Waals surface area contributed by atoms with Crippen LogP contribution < -0.4 is 16.4 Å². The highest BCUT2D eigenvalue weighted by molar-refractivity contribution is 6.09. The number of aliphatic hydroxyl groups is 2. The van der Waals surface area contributed by atoms with Gasteiger partial charge < -0.3 is 35.9 Å². The molecule has 4 aromatic rings. The van der Waals surface area contributed by atoms with Crippen molar-refractivity contribution in [1.29, 1.82) is 0 Å². The standard InChI is InChI=1S/C27H34N6O2.C2H6O/c1-2-3-11-30-25-24-23(31-26(28)32-25)21-9-4-5-10-22(21)33(24)14-20-8-6-7-19(12-20)13-29-15-27(16-34)17-35-18-27;1-2-3/h4-10,12,29,34H,2-3,11,13-18H2,1H3,(H3,28,30,31,32);3H,2H2,1H3. The molecule has 1 aliphatic rings. The van der Waals surface area contributed by atoms with Crippen molar-refractivity contribution in [2.24, 2.45) is 5.41 Å². The average molecular weight is 521 g/mol. The molecule has 3 heterocycles. The fourth-order valence-corrected chi connectivity index (χ4v) is 4.75. The van der Waals surface area contributed by atoms with Gasteiger partial charge in [-0.3, -0.25) is 0 Å². The predicted molar refractivity (Wildman–Crippen MR) is 153 cm³/mol. The summed E-state index contributed by atoms with van der Waals surface area (Å²) < 4.78 is 7.59. The molecule has 2 aromatic heterocycles. The summed E-state index contributed by atoms with van der Waals surface area (Å²) in [5.74, 6) is 1.07. The molecule has 0 atom stereocenters. The van der Waals surface area contributed by atoms with Gasteiger partial charge in [0.05, 0.1) is 30.8 Å². The SMILES string of the molecule is CCCCNc1nc(N)nc2c3ccccc3n(Cc3cccc(CNCC4(CO)COC4)c3)c12.CCO. The molecule has 0 radical (unpaired) electrons. The number of nitrogens with two attached hydrogens (primary N) is 1. The van der Waals surface area contributed by atoms with Crippen LogP contribution >= 0.6 is 0 Å². The molecular formula is C29H40N6O3. The molecule has 0 amide bonds. The number of anilines is 2. The van der Waals surface area contributed by atoms with Gasteiger partial charge >= 0.3 is 0 Å². The van der Waals surface area contributed by atoms with Crippen LogP contribution in [0.15, 0.2) is 48.5 Å². The smallest absolute Gasteiger partial charge is 0.222 e. The third-order valence-corrected chi connectivity index (χ3v) is 6.76. The van der Waals surface area contributed by atoms with Crippen molar-refractivity contribution in [2.75, 3.05) is 50.6 Å². The van der Waals surface area contributed by atoms with E-state index in [4.69, 9.17) is 15.6 Å². The summed E-state index contributed by atoms with van der Waals surface area (Å²) in [5, 5.41) is 25.3. The summed E-state index contributed by atoms with van der Waals surface area (Å²) in [6.45, 7) is 8.51. The van der Waals surface area contributed by atoms with Crippen LogP contribution in [0.1, 0.15) is 37.8 Å². The van der Waals surface area contributed by atoms with Crippen molar-refractivity contribution >= 4 is 33.7 Å². The van der Waals surface area contributed by atoms with Crippen molar-refractivity contribution in [2.45, 2.75) is 39.8 Å². The van der Waals surface area contributed by atoms with Crippen molar-refractivity contribution in [3.05, 3.63) is 59.7 Å². The van der Waals surface area contributed by atoms with Gasteiger partial charge in [-0.05, 0) is 30.5 Å². The van der Waals surface area contributed by atoms with Gasteiger partial charge in [0.1, 0.15) is 11.0 Å². The van der Waals surface area contributed by atoms with E-state index in [1.807, 2.05) is 6.07 Å². The van der Waals surface area contributed by atoms with E-state index in [2.05, 4.69) is 74.6 Å². The summed E-state index contributed by atoms with van der Waals surface area (Å²) in [6.07, 6.45) is 2.16. The zero-order chi connectivity index (χ0) is 27.0. The Bertz CT molecular complexity index is 1330. The molecule has 1 aliphatic heterocycles. The van der Waals surface area contributed by atoms with E-state index in [9.17, 15) is 5.11 Å². The molecule has 0 spiro atoms. The van der Waals surface area contributed by atoms with Gasteiger partial charge in [-0.2, -0.15) is 4.98 Å². The minimum absolute atomic E-state index is 0.135. The summed E-state index contributed by atoms with van der Waals surface area (Å²) in [5.41, 5.74) is 11.3. The number of hydrogen-bond acceptors (Lipinski definition) is 8. The van der Waals surface area contributed by atoms with E-state index in [1.54, 1.807) is 6.92 Å². The normalized spacial score (nSPS) is 14.2. The molecule has 0 unspecified atom stereocenters. The largest absolute Gasteiger partial charge is 0.397 e. The first kappa shape index (κ1) is 27.8. The lowest BCUT2D eigenvalue weighted by atomic mass is 9.87. The molecule has 0 bridgehead atoms. The fraction of sp³-hybridized carbons (Fsp3) is 0.448. The van der Waals surface area contributed by atoms with Crippen molar-refractivity contribution < 1.29 is 14.9 Å². The van der Waals surface area contributed by atoms with Crippen molar-refractivity contribution in [1.82, 2.24) is 19.9 Å². The molecule has 38 heavy (non-hydrogen) atoms. The van der Waals surface area contributed by atoms with Crippen LogP contribution in [0.5, 0.6) is 0 Å². The number of benzene rings is 2. The average Bonchev–Trinajstić information content (AvgIpc) is 3.20. The highest BCUT2D eigenvalue weighted by atomic mass is 16.5. The lowest BCUT2D eigenvalue weighted by Gasteiger charge is -2.40. The molecule has 1 saturated heterocycles. The lowest BCUT2D eigenvalue weighted by Crippen LogP contribution is -2.52. The second-order valence-electron chi connectivity index (χ2n) is 9.90. The number of aliphatic hydroxyl groups excluding tert-OH is 2. The molecule has 5 rings (SSSR count). The zero-order valence-corrected chi connectivity index (χ0v) is 22.4. The van der Waals surface area contributed by atoms with Crippen LogP contribution in [-0.4, -0.2) is 64.3 Å². The summed E-state index contributed by atoms with van der Waals surface area (Å²) in [6, 6.07) is 16.9. The second kappa shape index (κ2) is 13.0. The molecule has 2 aromatic carbocycles. The maximum atomic E-state index is 9.66. The number of ether oxygens (including phenoxy) is 1. The minimum Gasteiger partial charge on any atom is -0.397 e. The zero-order valence-electron chi connectivity index (χ0n) is 22.4. The Morgan fingerprint density at radius 3 is 2.53 bits per heavy atom. The predicted octanol–water partition coefficient (Wildman–Crippen LogP) is 3.52. The molecular weight excluding hydrogens is 480 g/mol. The van der Waals surface area contributed by atoms with Crippen LogP contribution in [0.2, 0.25) is 0 Å². The van der Waals surface area contributed by atoms with Crippen LogP contribution in [-0.2, 0) is 17.8 Å². The van der Waals surface area contributed by atoms with Gasteiger partial charge in [0, 0.05) is 38.2 Å². The number of unbranched alkanes of at least 4 members (excludes halogenated alkanes) is 1. The molecule has 0 aliphatic carbocycles. The topological polar surface area (TPSA) is 130 Å². The molecule has 6 N–H and O–H groups in total. The third-order valence-electron chi connectivity index (χ3n) is 6.76. The number of rotatable bonds is 11. The van der Waals surface area contributed by atoms with Gasteiger partial charge in [-0.25, -0.2) is 4.98 Å². The van der Waals surface area contributed by atoms with E-state index >= 15 is 0 Å². The Kier molecular flexibility index (Phi) is 9.52. The quantitative estimate of drug-likeness (QED) is 0.190. The van der Waals surface area contributed by atoms with E-state index < -0.39 is 0 Å². The van der Waals surface area contributed by atoms with Gasteiger partial charge in [0.25, 0.3) is 0 Å². The van der Waals surface area contributed by atoms with Gasteiger partial charge in [0.2, 0.25) is 5.95 Å². The number of nitrogens with zero attached hydrogens (tertiary/aromatic N) is 3. The Balaban J connectivity index is 0.00000107.